The van der Waals surface area contributed by atoms with Gasteiger partial charge in [0.15, 0.2) is 0 Å². The molecule has 7 heteroatoms. The van der Waals surface area contributed by atoms with Crippen LogP contribution in [0.1, 0.15) is 19.5 Å². The number of nitrogens with one attached hydrogen (secondary N) is 1. The maximum atomic E-state index is 3.74. The van der Waals surface area contributed by atoms with Gasteiger partial charge in [0.05, 0.1) is 0 Å². The molecule has 3 heterocycles. The van der Waals surface area contributed by atoms with E-state index in [1.54, 1.807) is 0 Å². The molecule has 0 aromatic carbocycles. The van der Waals surface area contributed by atoms with E-state index in [0.717, 1.165) is 52.4 Å². The van der Waals surface area contributed by atoms with Crippen molar-refractivity contribution in [3.05, 3.63) is 40.6 Å². The fourth-order valence-corrected chi connectivity index (χ4v) is 6.78. The van der Waals surface area contributed by atoms with E-state index in [9.17, 15) is 0 Å². The topological polar surface area (TPSA) is 18.5 Å². The van der Waals surface area contributed by atoms with Crippen LogP contribution >= 0.6 is 54.5 Å². The van der Waals surface area contributed by atoms with Crippen molar-refractivity contribution < 1.29 is 0 Å². The van der Waals surface area contributed by atoms with E-state index in [-0.39, 0.29) is 0 Å². The Labute approximate surface area is 175 Å². The smallest absolute Gasteiger partial charge is 0.0343 e. The molecule has 0 bridgehead atoms. The van der Waals surface area contributed by atoms with Crippen LogP contribution in [-0.4, -0.2) is 49.1 Å². The molecule has 0 aliphatic carbocycles. The Hall–Kier alpha value is 0.240. The predicted octanol–water partition coefficient (Wildman–Crippen LogP) is 4.86. The van der Waals surface area contributed by atoms with E-state index in [2.05, 4.69) is 73.0 Å². The van der Waals surface area contributed by atoms with Gasteiger partial charge in [-0.2, -0.15) is 0 Å². The number of hydrogen-bond acceptors (Lipinski definition) is 5. The second-order valence-corrected chi connectivity index (χ2v) is 10.9. The average Bonchev–Trinajstić information content (AvgIpc) is 3.06. The molecular formula is C18H25Br2N3S2. The molecule has 1 aliphatic heterocycles. The van der Waals surface area contributed by atoms with Gasteiger partial charge in [-0.1, -0.05) is 0 Å². The lowest BCUT2D eigenvalue weighted by Crippen LogP contribution is -2.46. The van der Waals surface area contributed by atoms with Gasteiger partial charge in [-0.3, -0.25) is 9.80 Å². The van der Waals surface area contributed by atoms with Crippen LogP contribution in [0.2, 0.25) is 0 Å². The van der Waals surface area contributed by atoms with Crippen molar-refractivity contribution in [3.63, 3.8) is 0 Å². The summed E-state index contributed by atoms with van der Waals surface area (Å²) in [5.74, 6) is 0. The lowest BCUT2D eigenvalue weighted by molar-refractivity contribution is 0.181. The van der Waals surface area contributed by atoms with Crippen LogP contribution in [0.3, 0.4) is 0 Å². The minimum Gasteiger partial charge on any atom is -0.314 e. The second kappa shape index (κ2) is 9.44. The number of piperazine rings is 1. The minimum absolute atomic E-state index is 1.01. The van der Waals surface area contributed by atoms with E-state index in [0.29, 0.717) is 0 Å². The molecule has 0 radical (unpaired) electrons. The first kappa shape index (κ1) is 20.0. The molecule has 25 heavy (non-hydrogen) atoms. The van der Waals surface area contributed by atoms with E-state index < -0.39 is 0 Å². The minimum atomic E-state index is 1.01. The molecular weight excluding hydrogens is 482 g/mol. The van der Waals surface area contributed by atoms with Gasteiger partial charge in [-0.25, -0.2) is 0 Å². The first-order chi connectivity index (χ1) is 12.0. The van der Waals surface area contributed by atoms with Crippen LogP contribution in [0, 0.1) is 13.8 Å². The van der Waals surface area contributed by atoms with E-state index in [1.807, 2.05) is 22.7 Å². The summed E-state index contributed by atoms with van der Waals surface area (Å²) in [4.78, 5) is 10.8. The standard InChI is InChI=1S/C18H25Br2N3S2/c1-13-9-15(19)17(24-13)11-23(8-7-22-5-3-21-4-6-22)12-18-16(20)10-14(2)25-18/h9-10,21H,3-8,11-12H2,1-2H3. The van der Waals surface area contributed by atoms with Crippen molar-refractivity contribution in [2.75, 3.05) is 39.3 Å². The van der Waals surface area contributed by atoms with Crippen LogP contribution in [0.15, 0.2) is 21.1 Å². The molecule has 2 aromatic rings. The molecule has 0 spiro atoms. The third-order valence-electron chi connectivity index (χ3n) is 4.44. The summed E-state index contributed by atoms with van der Waals surface area (Å²) in [7, 11) is 0. The molecule has 138 valence electrons. The summed E-state index contributed by atoms with van der Waals surface area (Å²) in [5.41, 5.74) is 0. The predicted molar refractivity (Wildman–Crippen MR) is 117 cm³/mol. The Bertz CT molecular complexity index is 644. The number of thiophene rings is 2. The van der Waals surface area contributed by atoms with Gasteiger partial charge in [0.2, 0.25) is 0 Å². The number of aryl methyl sites for hydroxylation is 2. The van der Waals surface area contributed by atoms with Gasteiger partial charge in [0.1, 0.15) is 0 Å². The Kier molecular flexibility index (Phi) is 7.55. The van der Waals surface area contributed by atoms with Crippen LogP contribution in [0.5, 0.6) is 0 Å². The summed E-state index contributed by atoms with van der Waals surface area (Å²) in [6, 6.07) is 4.47. The Morgan fingerprint density at radius 2 is 1.52 bits per heavy atom. The fraction of sp³-hybridized carbons (Fsp3) is 0.556. The normalized spacial score (nSPS) is 16.0. The Morgan fingerprint density at radius 1 is 1.00 bits per heavy atom. The monoisotopic (exact) mass is 505 g/mol. The van der Waals surface area contributed by atoms with Crippen molar-refractivity contribution in [1.82, 2.24) is 15.1 Å². The van der Waals surface area contributed by atoms with Gasteiger partial charge in [-0.15, -0.1) is 22.7 Å². The zero-order chi connectivity index (χ0) is 17.8. The molecule has 1 fully saturated rings. The Morgan fingerprint density at radius 3 is 1.96 bits per heavy atom. The summed E-state index contributed by atoms with van der Waals surface area (Å²) in [5, 5.41) is 3.44. The maximum absolute atomic E-state index is 3.74. The van der Waals surface area contributed by atoms with Gasteiger partial charge >= 0.3 is 0 Å². The quantitative estimate of drug-likeness (QED) is 0.578. The highest BCUT2D eigenvalue weighted by atomic mass is 79.9. The number of halogens is 2. The zero-order valence-electron chi connectivity index (χ0n) is 14.8. The molecule has 0 unspecified atom stereocenters. The molecule has 1 aliphatic rings. The van der Waals surface area contributed by atoms with Crippen molar-refractivity contribution >= 4 is 54.5 Å². The third-order valence-corrected chi connectivity index (χ3v) is 8.45. The molecule has 3 nitrogen and oxygen atoms in total. The summed E-state index contributed by atoms with van der Waals surface area (Å²) in [6.07, 6.45) is 0. The van der Waals surface area contributed by atoms with Crippen molar-refractivity contribution in [2.24, 2.45) is 0 Å². The van der Waals surface area contributed by atoms with Crippen LogP contribution in [0.25, 0.3) is 0 Å². The molecule has 2 aromatic heterocycles. The van der Waals surface area contributed by atoms with Crippen LogP contribution < -0.4 is 5.32 Å². The maximum Gasteiger partial charge on any atom is 0.0343 e. The number of rotatable bonds is 7. The van der Waals surface area contributed by atoms with Gasteiger partial charge < -0.3 is 5.32 Å². The average molecular weight is 507 g/mol. The van der Waals surface area contributed by atoms with Gasteiger partial charge in [-0.05, 0) is 57.8 Å². The molecule has 0 saturated carbocycles. The van der Waals surface area contributed by atoms with Gasteiger partial charge in [0.25, 0.3) is 0 Å². The second-order valence-electron chi connectivity index (χ2n) is 6.56. The number of nitrogens with zero attached hydrogens (tertiary/aromatic N) is 2. The molecule has 1 saturated heterocycles. The lowest BCUT2D eigenvalue weighted by Gasteiger charge is -2.30. The van der Waals surface area contributed by atoms with Crippen molar-refractivity contribution in [2.45, 2.75) is 26.9 Å². The highest BCUT2D eigenvalue weighted by Crippen LogP contribution is 2.31. The third kappa shape index (κ3) is 5.86. The highest BCUT2D eigenvalue weighted by molar-refractivity contribution is 9.10. The van der Waals surface area contributed by atoms with Gasteiger partial charge in [0, 0.05) is 80.8 Å². The highest BCUT2D eigenvalue weighted by Gasteiger charge is 2.17. The largest absolute Gasteiger partial charge is 0.314 e. The molecule has 0 amide bonds. The van der Waals surface area contributed by atoms with Crippen molar-refractivity contribution in [3.8, 4) is 0 Å². The first-order valence-electron chi connectivity index (χ1n) is 8.66. The Balaban J connectivity index is 1.68. The number of hydrogen-bond donors (Lipinski definition) is 1. The lowest BCUT2D eigenvalue weighted by atomic mass is 10.3. The molecule has 0 atom stereocenters. The van der Waals surface area contributed by atoms with Crippen LogP contribution in [0.4, 0.5) is 0 Å². The summed E-state index contributed by atoms with van der Waals surface area (Å²) < 4.78 is 2.51. The van der Waals surface area contributed by atoms with Crippen molar-refractivity contribution in [1.29, 1.82) is 0 Å². The van der Waals surface area contributed by atoms with E-state index >= 15 is 0 Å². The SMILES string of the molecule is Cc1cc(Br)c(CN(CCN2CCNCC2)Cc2sc(C)cc2Br)s1. The summed E-state index contributed by atoms with van der Waals surface area (Å²) >= 11 is 11.3. The summed E-state index contributed by atoms with van der Waals surface area (Å²) in [6.45, 7) is 13.2. The first-order valence-corrected chi connectivity index (χ1v) is 11.9. The molecule has 3 rings (SSSR count). The fourth-order valence-electron chi connectivity index (χ4n) is 3.12. The van der Waals surface area contributed by atoms with Crippen LogP contribution in [-0.2, 0) is 13.1 Å². The van der Waals surface area contributed by atoms with E-state index in [1.165, 1.54) is 28.5 Å². The van der Waals surface area contributed by atoms with E-state index in [4.69, 9.17) is 0 Å². The zero-order valence-corrected chi connectivity index (χ0v) is 19.6. The molecule has 1 N–H and O–H groups in total.